The third-order valence-electron chi connectivity index (χ3n) is 4.23. The van der Waals surface area contributed by atoms with Crippen LogP contribution in [0.5, 0.6) is 17.2 Å². The van der Waals surface area contributed by atoms with Crippen LogP contribution in [0, 0.1) is 11.3 Å². The Hall–Kier alpha value is -3.98. The van der Waals surface area contributed by atoms with Crippen LogP contribution in [0.1, 0.15) is 5.56 Å². The van der Waals surface area contributed by atoms with Crippen molar-refractivity contribution in [2.24, 2.45) is 0 Å². The van der Waals surface area contributed by atoms with Crippen LogP contribution in [-0.2, 0) is 4.79 Å². The van der Waals surface area contributed by atoms with Gasteiger partial charge < -0.3 is 19.5 Å². The first-order valence-corrected chi connectivity index (χ1v) is 8.64. The smallest absolute Gasteiger partial charge is 0.262 e. The number of hydrogen-bond acceptors (Lipinski definition) is 5. The molecule has 0 saturated heterocycles. The van der Waals surface area contributed by atoms with Gasteiger partial charge in [0, 0.05) is 11.8 Å². The minimum atomic E-state index is -0.268. The Morgan fingerprint density at radius 2 is 1.64 bits per heavy atom. The number of ether oxygens (including phenoxy) is 3. The number of carbonyl (C=O) groups is 1. The Balaban J connectivity index is 1.33. The van der Waals surface area contributed by atoms with E-state index in [0.717, 1.165) is 11.1 Å². The molecular weight excluding hydrogens is 356 g/mol. The van der Waals surface area contributed by atoms with Crippen LogP contribution < -0.4 is 19.5 Å². The van der Waals surface area contributed by atoms with Crippen LogP contribution in [0.25, 0.3) is 11.1 Å². The van der Waals surface area contributed by atoms with Gasteiger partial charge in [-0.2, -0.15) is 5.26 Å². The third-order valence-corrected chi connectivity index (χ3v) is 4.23. The lowest BCUT2D eigenvalue weighted by Crippen LogP contribution is -2.20. The number of rotatable bonds is 5. The topological polar surface area (TPSA) is 80.6 Å². The number of fused-ring (bicyclic) bond motifs is 1. The fraction of sp³-hybridized carbons (Fsp3) is 0.0909. The summed E-state index contributed by atoms with van der Waals surface area (Å²) in [4.78, 5) is 12.1. The molecule has 138 valence electrons. The van der Waals surface area contributed by atoms with E-state index < -0.39 is 0 Å². The first-order valence-electron chi connectivity index (χ1n) is 8.64. The number of amides is 1. The van der Waals surface area contributed by atoms with Gasteiger partial charge in [-0.05, 0) is 47.5 Å². The molecule has 0 saturated carbocycles. The van der Waals surface area contributed by atoms with Crippen LogP contribution in [0.2, 0.25) is 0 Å². The molecule has 0 spiro atoms. The fourth-order valence-corrected chi connectivity index (χ4v) is 2.80. The number of nitrogens with zero attached hydrogens (tertiary/aromatic N) is 1. The van der Waals surface area contributed by atoms with E-state index in [0.29, 0.717) is 28.5 Å². The quantitative estimate of drug-likeness (QED) is 0.733. The molecule has 0 atom stereocenters. The van der Waals surface area contributed by atoms with E-state index in [9.17, 15) is 4.79 Å². The van der Waals surface area contributed by atoms with E-state index in [1.165, 1.54) is 0 Å². The number of benzene rings is 3. The highest BCUT2D eigenvalue weighted by Crippen LogP contribution is 2.34. The summed E-state index contributed by atoms with van der Waals surface area (Å²) in [5.74, 6) is 1.60. The van der Waals surface area contributed by atoms with E-state index in [1.807, 2.05) is 24.3 Å². The molecule has 1 amide bonds. The first-order chi connectivity index (χ1) is 13.7. The summed E-state index contributed by atoms with van der Waals surface area (Å²) >= 11 is 0. The summed E-state index contributed by atoms with van der Waals surface area (Å²) < 4.78 is 16.1. The van der Waals surface area contributed by atoms with Crippen molar-refractivity contribution in [3.63, 3.8) is 0 Å². The van der Waals surface area contributed by atoms with Crippen LogP contribution in [0.15, 0.2) is 66.7 Å². The molecule has 0 radical (unpaired) electrons. The zero-order chi connectivity index (χ0) is 19.3. The average Bonchev–Trinajstić information content (AvgIpc) is 3.21. The summed E-state index contributed by atoms with van der Waals surface area (Å²) in [7, 11) is 0. The number of nitriles is 1. The Labute approximate surface area is 161 Å². The molecule has 0 aromatic heterocycles. The van der Waals surface area contributed by atoms with Crippen molar-refractivity contribution >= 4 is 11.6 Å². The van der Waals surface area contributed by atoms with Crippen LogP contribution in [0.3, 0.4) is 0 Å². The molecule has 4 rings (SSSR count). The van der Waals surface area contributed by atoms with Crippen LogP contribution >= 0.6 is 0 Å². The Morgan fingerprint density at radius 3 is 2.36 bits per heavy atom. The number of nitrogens with one attached hydrogen (secondary N) is 1. The van der Waals surface area contributed by atoms with E-state index >= 15 is 0 Å². The summed E-state index contributed by atoms with van der Waals surface area (Å²) in [5, 5.41) is 11.6. The van der Waals surface area contributed by atoms with Crippen molar-refractivity contribution in [2.75, 3.05) is 18.7 Å². The molecule has 6 nitrogen and oxygen atoms in total. The Kier molecular flexibility index (Phi) is 4.81. The number of hydrogen-bond donors (Lipinski definition) is 1. The van der Waals surface area contributed by atoms with Gasteiger partial charge in [0.05, 0.1) is 11.6 Å². The first kappa shape index (κ1) is 17.4. The SMILES string of the molecule is N#Cc1ccc(-c2ccc(OCC(=O)Nc3ccc4c(c3)OCO4)cc2)cc1. The highest BCUT2D eigenvalue weighted by molar-refractivity contribution is 5.92. The Morgan fingerprint density at radius 1 is 0.964 bits per heavy atom. The lowest BCUT2D eigenvalue weighted by Gasteiger charge is -2.09. The second kappa shape index (κ2) is 7.72. The second-order valence-electron chi connectivity index (χ2n) is 6.12. The second-order valence-corrected chi connectivity index (χ2v) is 6.12. The van der Waals surface area contributed by atoms with Gasteiger partial charge in [-0.1, -0.05) is 24.3 Å². The summed E-state index contributed by atoms with van der Waals surface area (Å²) in [6.45, 7) is 0.0823. The molecule has 1 aliphatic heterocycles. The van der Waals surface area contributed by atoms with Crippen molar-refractivity contribution in [1.29, 1.82) is 5.26 Å². The van der Waals surface area contributed by atoms with Crippen molar-refractivity contribution in [1.82, 2.24) is 0 Å². The maximum atomic E-state index is 12.1. The summed E-state index contributed by atoms with van der Waals surface area (Å²) in [5.41, 5.74) is 3.25. The normalized spacial score (nSPS) is 11.5. The minimum absolute atomic E-state index is 0.106. The average molecular weight is 372 g/mol. The Bertz CT molecular complexity index is 1040. The lowest BCUT2D eigenvalue weighted by molar-refractivity contribution is -0.118. The van der Waals surface area contributed by atoms with Gasteiger partial charge in [-0.3, -0.25) is 4.79 Å². The van der Waals surface area contributed by atoms with E-state index in [2.05, 4.69) is 11.4 Å². The van der Waals surface area contributed by atoms with E-state index in [1.54, 1.807) is 42.5 Å². The highest BCUT2D eigenvalue weighted by Gasteiger charge is 2.14. The fourth-order valence-electron chi connectivity index (χ4n) is 2.80. The molecule has 6 heteroatoms. The monoisotopic (exact) mass is 372 g/mol. The zero-order valence-electron chi connectivity index (χ0n) is 14.8. The van der Waals surface area contributed by atoms with E-state index in [-0.39, 0.29) is 19.3 Å². The predicted octanol–water partition coefficient (Wildman–Crippen LogP) is 3.97. The van der Waals surface area contributed by atoms with Crippen LogP contribution in [-0.4, -0.2) is 19.3 Å². The van der Waals surface area contributed by atoms with Crippen molar-refractivity contribution in [3.05, 3.63) is 72.3 Å². The molecule has 1 aliphatic rings. The van der Waals surface area contributed by atoms with Crippen LogP contribution in [0.4, 0.5) is 5.69 Å². The van der Waals surface area contributed by atoms with Gasteiger partial charge in [0.2, 0.25) is 6.79 Å². The zero-order valence-corrected chi connectivity index (χ0v) is 14.8. The molecule has 1 N–H and O–H groups in total. The third kappa shape index (κ3) is 3.89. The lowest BCUT2D eigenvalue weighted by atomic mass is 10.0. The molecule has 3 aromatic carbocycles. The molecule has 3 aromatic rings. The minimum Gasteiger partial charge on any atom is -0.484 e. The van der Waals surface area contributed by atoms with E-state index in [4.69, 9.17) is 19.5 Å². The molecule has 0 fully saturated rings. The molecule has 28 heavy (non-hydrogen) atoms. The predicted molar refractivity (Wildman–Crippen MR) is 103 cm³/mol. The van der Waals surface area contributed by atoms with Crippen molar-refractivity contribution < 1.29 is 19.0 Å². The molecule has 0 unspecified atom stereocenters. The van der Waals surface area contributed by atoms with Gasteiger partial charge in [-0.15, -0.1) is 0 Å². The summed E-state index contributed by atoms with van der Waals surface area (Å²) in [6, 6.07) is 22.1. The highest BCUT2D eigenvalue weighted by atomic mass is 16.7. The molecule has 1 heterocycles. The standard InChI is InChI=1S/C22H16N2O4/c23-12-15-1-3-16(4-2-15)17-5-8-19(9-6-17)26-13-22(25)24-18-7-10-20-21(11-18)28-14-27-20/h1-11H,13-14H2,(H,24,25). The van der Waals surface area contributed by atoms with Gasteiger partial charge >= 0.3 is 0 Å². The molecule has 0 aliphatic carbocycles. The van der Waals surface area contributed by atoms with Crippen molar-refractivity contribution in [2.45, 2.75) is 0 Å². The van der Waals surface area contributed by atoms with Gasteiger partial charge in [0.25, 0.3) is 5.91 Å². The van der Waals surface area contributed by atoms with Gasteiger partial charge in [0.1, 0.15) is 5.75 Å². The number of anilines is 1. The van der Waals surface area contributed by atoms with Gasteiger partial charge in [0.15, 0.2) is 18.1 Å². The molecular formula is C22H16N2O4. The maximum Gasteiger partial charge on any atom is 0.262 e. The number of carbonyl (C=O) groups excluding carboxylic acids is 1. The van der Waals surface area contributed by atoms with Crippen molar-refractivity contribution in [3.8, 4) is 34.4 Å². The molecule has 0 bridgehead atoms. The maximum absolute atomic E-state index is 12.1. The summed E-state index contributed by atoms with van der Waals surface area (Å²) in [6.07, 6.45) is 0. The van der Waals surface area contributed by atoms with Gasteiger partial charge in [-0.25, -0.2) is 0 Å². The largest absolute Gasteiger partial charge is 0.484 e.